The van der Waals surface area contributed by atoms with E-state index in [9.17, 15) is 9.59 Å². The van der Waals surface area contributed by atoms with Crippen molar-refractivity contribution in [2.45, 2.75) is 82.8 Å². The summed E-state index contributed by atoms with van der Waals surface area (Å²) in [7, 11) is 6.06. The van der Waals surface area contributed by atoms with Crippen molar-refractivity contribution in [2.75, 3.05) is 42.8 Å². The zero-order chi connectivity index (χ0) is 26.8. The Morgan fingerprint density at radius 1 is 1.08 bits per heavy atom. The van der Waals surface area contributed by atoms with E-state index in [0.29, 0.717) is 36.6 Å². The second kappa shape index (κ2) is 11.3. The lowest BCUT2D eigenvalue weighted by Gasteiger charge is -2.33. The number of nitrogens with one attached hydrogen (secondary N) is 2. The minimum Gasteiger partial charge on any atom is -0.351 e. The van der Waals surface area contributed by atoms with Gasteiger partial charge in [-0.25, -0.2) is 4.98 Å². The summed E-state index contributed by atoms with van der Waals surface area (Å²) in [5.74, 6) is 1.38. The summed E-state index contributed by atoms with van der Waals surface area (Å²) in [6.45, 7) is 2.67. The smallest absolute Gasteiger partial charge is 0.251 e. The number of hydrogen-bond donors (Lipinski definition) is 2. The van der Waals surface area contributed by atoms with Gasteiger partial charge in [-0.2, -0.15) is 4.98 Å². The second-order valence-electron chi connectivity index (χ2n) is 11.3. The molecule has 1 aromatic heterocycles. The third-order valence-electron chi connectivity index (χ3n) is 8.59. The number of rotatable bonds is 6. The molecular formula is C29H41N7O2. The summed E-state index contributed by atoms with van der Waals surface area (Å²) >= 11 is 0. The molecule has 0 spiro atoms. The van der Waals surface area contributed by atoms with Crippen LogP contribution >= 0.6 is 0 Å². The Balaban J connectivity index is 1.29. The Morgan fingerprint density at radius 3 is 2.50 bits per heavy atom. The number of aromatic nitrogens is 2. The van der Waals surface area contributed by atoms with Gasteiger partial charge in [0.15, 0.2) is 5.82 Å². The molecule has 2 saturated carbocycles. The van der Waals surface area contributed by atoms with Crippen LogP contribution in [0.2, 0.25) is 0 Å². The highest BCUT2D eigenvalue weighted by atomic mass is 16.2. The number of fused-ring (bicyclic) bond motifs is 1. The second-order valence-corrected chi connectivity index (χ2v) is 11.3. The Kier molecular flexibility index (Phi) is 7.83. The van der Waals surface area contributed by atoms with Crippen molar-refractivity contribution >= 4 is 35.0 Å². The van der Waals surface area contributed by atoms with Crippen molar-refractivity contribution in [3.8, 4) is 0 Å². The molecule has 38 heavy (non-hydrogen) atoms. The van der Waals surface area contributed by atoms with E-state index in [1.54, 1.807) is 18.1 Å². The van der Waals surface area contributed by atoms with Gasteiger partial charge in [0.2, 0.25) is 11.9 Å². The maximum absolute atomic E-state index is 13.0. The predicted octanol–water partition coefficient (Wildman–Crippen LogP) is 4.25. The van der Waals surface area contributed by atoms with Crippen LogP contribution in [0.25, 0.3) is 0 Å². The molecule has 5 rings (SSSR count). The van der Waals surface area contributed by atoms with E-state index in [-0.39, 0.29) is 17.9 Å². The third-order valence-corrected chi connectivity index (χ3v) is 8.59. The average Bonchev–Trinajstić information content (AvgIpc) is 3.41. The van der Waals surface area contributed by atoms with E-state index < -0.39 is 0 Å². The average molecular weight is 520 g/mol. The molecule has 2 aliphatic carbocycles. The summed E-state index contributed by atoms with van der Waals surface area (Å²) in [4.78, 5) is 41.3. The molecule has 2 amide bonds. The normalized spacial score (nSPS) is 22.4. The SMILES string of the molecule is Cc1cc(C(=O)NC2CCC(N(C)C)CC2)ccc1Nc1ncc2c(n1)N(C1CCCC1)CCC(=O)N2C. The molecule has 1 aliphatic heterocycles. The fourth-order valence-electron chi connectivity index (χ4n) is 6.14. The fraction of sp³-hybridized carbons (Fsp3) is 0.586. The lowest BCUT2D eigenvalue weighted by Crippen LogP contribution is -2.41. The lowest BCUT2D eigenvalue weighted by atomic mass is 9.90. The monoisotopic (exact) mass is 519 g/mol. The number of carbonyl (C=O) groups excluding carboxylic acids is 2. The van der Waals surface area contributed by atoms with Crippen molar-refractivity contribution in [2.24, 2.45) is 0 Å². The summed E-state index contributed by atoms with van der Waals surface area (Å²) in [5.41, 5.74) is 3.23. The first-order valence-electron chi connectivity index (χ1n) is 14.1. The van der Waals surface area contributed by atoms with E-state index in [1.165, 1.54) is 12.8 Å². The van der Waals surface area contributed by atoms with Crippen LogP contribution in [0.4, 0.5) is 23.1 Å². The quantitative estimate of drug-likeness (QED) is 0.589. The van der Waals surface area contributed by atoms with Crippen LogP contribution in [-0.4, -0.2) is 72.5 Å². The predicted molar refractivity (Wildman–Crippen MR) is 151 cm³/mol. The molecule has 204 valence electrons. The Bertz CT molecular complexity index is 1170. The van der Waals surface area contributed by atoms with Gasteiger partial charge in [0.05, 0.1) is 6.20 Å². The van der Waals surface area contributed by atoms with E-state index in [4.69, 9.17) is 4.98 Å². The summed E-state index contributed by atoms with van der Waals surface area (Å²) in [5, 5.41) is 6.58. The van der Waals surface area contributed by atoms with Crippen LogP contribution in [0.15, 0.2) is 24.4 Å². The summed E-state index contributed by atoms with van der Waals surface area (Å²) < 4.78 is 0. The van der Waals surface area contributed by atoms with Crippen molar-refractivity contribution in [3.05, 3.63) is 35.5 Å². The van der Waals surface area contributed by atoms with Crippen molar-refractivity contribution in [1.82, 2.24) is 20.2 Å². The van der Waals surface area contributed by atoms with Crippen LogP contribution in [-0.2, 0) is 4.79 Å². The zero-order valence-electron chi connectivity index (χ0n) is 23.2. The van der Waals surface area contributed by atoms with Gasteiger partial charge >= 0.3 is 0 Å². The molecule has 0 atom stereocenters. The maximum atomic E-state index is 13.0. The highest BCUT2D eigenvalue weighted by Crippen LogP contribution is 2.36. The van der Waals surface area contributed by atoms with Crippen LogP contribution in [0.3, 0.4) is 0 Å². The minimum atomic E-state index is -0.0193. The number of aryl methyl sites for hydroxylation is 1. The Labute approximate surface area is 226 Å². The van der Waals surface area contributed by atoms with Gasteiger partial charge in [0.1, 0.15) is 5.69 Å². The molecule has 0 bridgehead atoms. The molecule has 0 saturated heterocycles. The summed E-state index contributed by atoms with van der Waals surface area (Å²) in [6.07, 6.45) is 11.2. The minimum absolute atomic E-state index is 0.0193. The molecule has 0 unspecified atom stereocenters. The number of anilines is 4. The maximum Gasteiger partial charge on any atom is 0.251 e. The van der Waals surface area contributed by atoms with E-state index in [0.717, 1.165) is 61.3 Å². The van der Waals surface area contributed by atoms with Crippen LogP contribution in [0, 0.1) is 6.92 Å². The third kappa shape index (κ3) is 5.62. The molecule has 2 heterocycles. The highest BCUT2D eigenvalue weighted by molar-refractivity contribution is 5.97. The van der Waals surface area contributed by atoms with Gasteiger partial charge in [-0.15, -0.1) is 0 Å². The van der Waals surface area contributed by atoms with Crippen LogP contribution in [0.5, 0.6) is 0 Å². The van der Waals surface area contributed by atoms with E-state index in [1.807, 2.05) is 25.1 Å². The molecule has 1 aromatic carbocycles. The molecule has 0 radical (unpaired) electrons. The van der Waals surface area contributed by atoms with Crippen molar-refractivity contribution in [1.29, 1.82) is 0 Å². The van der Waals surface area contributed by atoms with Crippen molar-refractivity contribution in [3.63, 3.8) is 0 Å². The summed E-state index contributed by atoms with van der Waals surface area (Å²) in [6, 6.07) is 6.95. The molecule has 9 nitrogen and oxygen atoms in total. The van der Waals surface area contributed by atoms with E-state index >= 15 is 0 Å². The first-order valence-corrected chi connectivity index (χ1v) is 14.1. The first-order chi connectivity index (χ1) is 18.3. The van der Waals surface area contributed by atoms with Crippen molar-refractivity contribution < 1.29 is 9.59 Å². The fourth-order valence-corrected chi connectivity index (χ4v) is 6.14. The largest absolute Gasteiger partial charge is 0.351 e. The lowest BCUT2D eigenvalue weighted by molar-refractivity contribution is -0.118. The van der Waals surface area contributed by atoms with Crippen LogP contribution in [0.1, 0.15) is 73.7 Å². The zero-order valence-corrected chi connectivity index (χ0v) is 23.2. The molecule has 2 N–H and O–H groups in total. The number of carbonyl (C=O) groups is 2. The Hall–Kier alpha value is -3.20. The molecule has 2 fully saturated rings. The highest BCUT2D eigenvalue weighted by Gasteiger charge is 2.32. The number of nitrogens with zero attached hydrogens (tertiary/aromatic N) is 5. The Morgan fingerprint density at radius 2 is 1.82 bits per heavy atom. The number of hydrogen-bond acceptors (Lipinski definition) is 7. The van der Waals surface area contributed by atoms with Crippen LogP contribution < -0.4 is 20.4 Å². The van der Waals surface area contributed by atoms with E-state index in [2.05, 4.69) is 39.5 Å². The molecule has 3 aliphatic rings. The van der Waals surface area contributed by atoms with Gasteiger partial charge in [-0.3, -0.25) is 9.59 Å². The van der Waals surface area contributed by atoms with Gasteiger partial charge in [0, 0.05) is 49.4 Å². The van der Waals surface area contributed by atoms with Gasteiger partial charge in [-0.1, -0.05) is 12.8 Å². The topological polar surface area (TPSA) is 93.7 Å². The first kappa shape index (κ1) is 26.4. The number of amides is 2. The molecular weight excluding hydrogens is 478 g/mol. The standard InChI is InChI=1S/C29H41N7O2/c1-19-17-20(28(38)31-21-10-12-22(13-11-21)34(2)3)9-14-24(19)32-29-30-18-25-27(33-29)36(23-7-5-6-8-23)16-15-26(37)35(25)4/h9,14,17-18,21-23H,5-8,10-13,15-16H2,1-4H3,(H,31,38)(H,30,32,33). The molecule has 2 aromatic rings. The number of benzene rings is 1. The molecule has 9 heteroatoms. The van der Waals surface area contributed by atoms with Gasteiger partial charge in [-0.05, 0) is 83.3 Å². The van der Waals surface area contributed by atoms with Gasteiger partial charge in [0.25, 0.3) is 5.91 Å². The van der Waals surface area contributed by atoms with Gasteiger partial charge < -0.3 is 25.3 Å².